The van der Waals surface area contributed by atoms with E-state index in [0.29, 0.717) is 0 Å². The van der Waals surface area contributed by atoms with E-state index in [4.69, 9.17) is 0 Å². The highest BCUT2D eigenvalue weighted by molar-refractivity contribution is 5.96. The fourth-order valence-electron chi connectivity index (χ4n) is 1.99. The molecular weight excluding hydrogens is 294 g/mol. The van der Waals surface area contributed by atoms with Gasteiger partial charge in [0.2, 0.25) is 5.91 Å². The zero-order valence-corrected chi connectivity index (χ0v) is 13.4. The Morgan fingerprint density at radius 3 is 1.77 bits per heavy atom. The highest BCUT2D eigenvalue weighted by atomic mass is 16.5. The number of carboxylic acids is 1. The van der Waals surface area contributed by atoms with E-state index in [1.807, 2.05) is 13.8 Å². The first-order valence-corrected chi connectivity index (χ1v) is 6.83. The molecule has 126 valence electrons. The minimum absolute atomic E-state index is 0.0433. The number of methoxy groups -OCH3 is 2. The van der Waals surface area contributed by atoms with Gasteiger partial charge >= 0.3 is 17.9 Å². The smallest absolute Gasteiger partial charge is 0.326 e. The molecule has 8 heteroatoms. The van der Waals surface area contributed by atoms with Crippen LogP contribution in [0.15, 0.2) is 0 Å². The largest absolute Gasteiger partial charge is 0.480 e. The Morgan fingerprint density at radius 2 is 1.45 bits per heavy atom. The van der Waals surface area contributed by atoms with Crippen LogP contribution < -0.4 is 5.32 Å². The van der Waals surface area contributed by atoms with Crippen molar-refractivity contribution in [1.29, 1.82) is 0 Å². The van der Waals surface area contributed by atoms with Crippen LogP contribution in [0.25, 0.3) is 0 Å². The minimum atomic E-state index is -1.43. The van der Waals surface area contributed by atoms with E-state index in [1.165, 1.54) is 6.92 Å². The zero-order valence-electron chi connectivity index (χ0n) is 13.4. The topological polar surface area (TPSA) is 119 Å². The lowest BCUT2D eigenvalue weighted by molar-refractivity contribution is -0.163. The van der Waals surface area contributed by atoms with Gasteiger partial charge < -0.3 is 19.9 Å². The monoisotopic (exact) mass is 317 g/mol. The predicted octanol–water partition coefficient (Wildman–Crippen LogP) is 0.200. The SMILES string of the molecule is COC(=O)C(C(=O)OC)[C@H](C)[C@@H](NC(=O)CC(C)C)C(=O)O. The van der Waals surface area contributed by atoms with Gasteiger partial charge in [-0.25, -0.2) is 4.79 Å². The van der Waals surface area contributed by atoms with Crippen molar-refractivity contribution in [2.24, 2.45) is 17.8 Å². The highest BCUT2D eigenvalue weighted by Crippen LogP contribution is 2.20. The Morgan fingerprint density at radius 1 is 1.00 bits per heavy atom. The number of carbonyl (C=O) groups excluding carboxylic acids is 3. The molecule has 0 aromatic rings. The maximum atomic E-state index is 11.8. The number of ether oxygens (including phenoxy) is 2. The molecule has 0 aromatic carbocycles. The Balaban J connectivity index is 5.28. The van der Waals surface area contributed by atoms with Crippen molar-refractivity contribution in [3.05, 3.63) is 0 Å². The summed E-state index contributed by atoms with van der Waals surface area (Å²) < 4.78 is 9.02. The fourth-order valence-corrected chi connectivity index (χ4v) is 1.99. The molecular formula is C14H23NO7. The van der Waals surface area contributed by atoms with Gasteiger partial charge in [-0.1, -0.05) is 20.8 Å². The van der Waals surface area contributed by atoms with Crippen molar-refractivity contribution in [2.75, 3.05) is 14.2 Å². The lowest BCUT2D eigenvalue weighted by Gasteiger charge is -2.26. The van der Waals surface area contributed by atoms with Crippen molar-refractivity contribution >= 4 is 23.8 Å². The molecule has 0 radical (unpaired) electrons. The molecule has 0 rings (SSSR count). The summed E-state index contributed by atoms with van der Waals surface area (Å²) in [5.41, 5.74) is 0. The average molecular weight is 317 g/mol. The summed E-state index contributed by atoms with van der Waals surface area (Å²) in [4.78, 5) is 46.6. The third-order valence-electron chi connectivity index (χ3n) is 3.14. The number of amides is 1. The molecule has 0 bridgehead atoms. The van der Waals surface area contributed by atoms with E-state index in [0.717, 1.165) is 14.2 Å². The van der Waals surface area contributed by atoms with Gasteiger partial charge in [-0.2, -0.15) is 0 Å². The van der Waals surface area contributed by atoms with Crippen molar-refractivity contribution in [3.63, 3.8) is 0 Å². The molecule has 0 unspecified atom stereocenters. The molecule has 0 aliphatic heterocycles. The summed E-state index contributed by atoms with van der Waals surface area (Å²) in [5.74, 6) is -6.07. The maximum Gasteiger partial charge on any atom is 0.326 e. The quantitative estimate of drug-likeness (QED) is 0.485. The summed E-state index contributed by atoms with van der Waals surface area (Å²) in [7, 11) is 2.16. The molecule has 0 saturated carbocycles. The fraction of sp³-hybridized carbons (Fsp3) is 0.714. The minimum Gasteiger partial charge on any atom is -0.480 e. The van der Waals surface area contributed by atoms with Gasteiger partial charge in [0.1, 0.15) is 6.04 Å². The Kier molecular flexibility index (Phi) is 8.14. The summed E-state index contributed by atoms with van der Waals surface area (Å²) in [6.07, 6.45) is 0.137. The van der Waals surface area contributed by atoms with Gasteiger partial charge in [0, 0.05) is 12.3 Å². The normalized spacial score (nSPS) is 13.4. The second kappa shape index (κ2) is 9.01. The highest BCUT2D eigenvalue weighted by Gasteiger charge is 2.41. The predicted molar refractivity (Wildman–Crippen MR) is 75.7 cm³/mol. The second-order valence-corrected chi connectivity index (χ2v) is 5.36. The number of esters is 2. The molecule has 0 aliphatic carbocycles. The van der Waals surface area contributed by atoms with Gasteiger partial charge in [-0.05, 0) is 5.92 Å². The Labute approximate surface area is 129 Å². The standard InChI is InChI=1S/C14H23NO7/c1-7(2)6-9(16)15-11(12(17)18)8(3)10(13(19)21-4)14(20)22-5/h7-8,10-11H,6H2,1-5H3,(H,15,16)(H,17,18)/t8-,11+/m0/s1. The van der Waals surface area contributed by atoms with Crippen LogP contribution in [-0.2, 0) is 28.7 Å². The second-order valence-electron chi connectivity index (χ2n) is 5.36. The Hall–Kier alpha value is -2.12. The first kappa shape index (κ1) is 19.9. The molecule has 1 amide bonds. The lowest BCUT2D eigenvalue weighted by Crippen LogP contribution is -2.50. The number of hydrogen-bond acceptors (Lipinski definition) is 6. The molecule has 0 saturated heterocycles. The van der Waals surface area contributed by atoms with Crippen LogP contribution in [0, 0.1) is 17.8 Å². The molecule has 8 nitrogen and oxygen atoms in total. The van der Waals surface area contributed by atoms with Crippen molar-refractivity contribution in [2.45, 2.75) is 33.2 Å². The zero-order chi connectivity index (χ0) is 17.4. The molecule has 2 N–H and O–H groups in total. The van der Waals surface area contributed by atoms with Crippen molar-refractivity contribution in [1.82, 2.24) is 5.32 Å². The van der Waals surface area contributed by atoms with Gasteiger partial charge in [-0.3, -0.25) is 14.4 Å². The van der Waals surface area contributed by atoms with Crippen LogP contribution in [0.4, 0.5) is 0 Å². The van der Waals surface area contributed by atoms with Gasteiger partial charge in [0.15, 0.2) is 5.92 Å². The van der Waals surface area contributed by atoms with E-state index >= 15 is 0 Å². The van der Waals surface area contributed by atoms with Crippen LogP contribution >= 0.6 is 0 Å². The number of hydrogen-bond donors (Lipinski definition) is 2. The third-order valence-corrected chi connectivity index (χ3v) is 3.14. The van der Waals surface area contributed by atoms with Gasteiger partial charge in [-0.15, -0.1) is 0 Å². The molecule has 0 heterocycles. The van der Waals surface area contributed by atoms with Crippen molar-refractivity contribution < 1.29 is 33.8 Å². The number of rotatable bonds is 8. The molecule has 0 fully saturated rings. The van der Waals surface area contributed by atoms with Gasteiger partial charge in [0.05, 0.1) is 14.2 Å². The molecule has 0 spiro atoms. The maximum absolute atomic E-state index is 11.8. The first-order valence-electron chi connectivity index (χ1n) is 6.83. The van der Waals surface area contributed by atoms with E-state index in [2.05, 4.69) is 14.8 Å². The van der Waals surface area contributed by atoms with Crippen LogP contribution in [0.3, 0.4) is 0 Å². The molecule has 0 aromatic heterocycles. The number of nitrogens with one attached hydrogen (secondary N) is 1. The van der Waals surface area contributed by atoms with E-state index in [9.17, 15) is 24.3 Å². The average Bonchev–Trinajstić information content (AvgIpc) is 2.42. The number of carbonyl (C=O) groups is 4. The number of aliphatic carboxylic acids is 1. The summed E-state index contributed by atoms with van der Waals surface area (Å²) in [6, 6.07) is -1.41. The third kappa shape index (κ3) is 5.71. The van der Waals surface area contributed by atoms with E-state index < -0.39 is 41.7 Å². The first-order chi connectivity index (χ1) is 10.1. The molecule has 2 atom stereocenters. The van der Waals surface area contributed by atoms with Crippen LogP contribution in [0.2, 0.25) is 0 Å². The Bertz CT molecular complexity index is 417. The van der Waals surface area contributed by atoms with E-state index in [-0.39, 0.29) is 12.3 Å². The van der Waals surface area contributed by atoms with Crippen LogP contribution in [0.1, 0.15) is 27.2 Å². The molecule has 0 aliphatic rings. The van der Waals surface area contributed by atoms with Crippen molar-refractivity contribution in [3.8, 4) is 0 Å². The van der Waals surface area contributed by atoms with Crippen LogP contribution in [-0.4, -0.2) is 49.2 Å². The summed E-state index contributed by atoms with van der Waals surface area (Å²) in [5, 5.41) is 11.6. The molecule has 22 heavy (non-hydrogen) atoms. The summed E-state index contributed by atoms with van der Waals surface area (Å²) >= 11 is 0. The van der Waals surface area contributed by atoms with Gasteiger partial charge in [0.25, 0.3) is 0 Å². The van der Waals surface area contributed by atoms with Crippen LogP contribution in [0.5, 0.6) is 0 Å². The number of carboxylic acid groups (broad SMARTS) is 1. The van der Waals surface area contributed by atoms with E-state index in [1.54, 1.807) is 0 Å². The lowest BCUT2D eigenvalue weighted by atomic mass is 9.87. The summed E-state index contributed by atoms with van der Waals surface area (Å²) in [6.45, 7) is 4.99.